The zero-order chi connectivity index (χ0) is 12.4. The summed E-state index contributed by atoms with van der Waals surface area (Å²) < 4.78 is 0. The summed E-state index contributed by atoms with van der Waals surface area (Å²) in [5, 5.41) is 11.3. The fraction of sp³-hybridized carbons (Fsp3) is 0.538. The number of aliphatic hydroxyl groups is 1. The average Bonchev–Trinajstić information content (AvgIpc) is 2.28. The molecule has 1 aromatic rings. The summed E-state index contributed by atoms with van der Waals surface area (Å²) in [6, 6.07) is 7.37. The quantitative estimate of drug-likeness (QED) is 0.852. The Hall–Kier alpha value is -0.570. The molecule has 0 radical (unpaired) electrons. The first kappa shape index (κ1) is 13.5. The van der Waals surface area contributed by atoms with Gasteiger partial charge in [-0.1, -0.05) is 43.6 Å². The molecule has 0 fully saturated rings. The lowest BCUT2D eigenvalue weighted by atomic mass is 9.69. The second-order valence-electron chi connectivity index (χ2n) is 4.67. The molecule has 1 rings (SSSR count). The van der Waals surface area contributed by atoms with Gasteiger partial charge in [0.1, 0.15) is 0 Å². The highest BCUT2D eigenvalue weighted by Gasteiger charge is 2.43. The highest BCUT2D eigenvalue weighted by atomic mass is 35.5. The Balaban J connectivity index is 3.25. The standard InChI is InChI=1S/C13H20ClNO/c1-4-12(2,9-15)13(3,16)10-7-5-6-8-11(10)14/h5-8,16H,4,9,15H2,1-3H3. The maximum atomic E-state index is 10.7. The van der Waals surface area contributed by atoms with Crippen LogP contribution in [0.4, 0.5) is 0 Å². The molecule has 3 heteroatoms. The Labute approximate surface area is 102 Å². The lowest BCUT2D eigenvalue weighted by Gasteiger charge is -2.42. The third kappa shape index (κ3) is 2.10. The molecule has 0 heterocycles. The maximum absolute atomic E-state index is 10.7. The van der Waals surface area contributed by atoms with E-state index in [2.05, 4.69) is 0 Å². The molecule has 2 atom stereocenters. The van der Waals surface area contributed by atoms with E-state index in [-0.39, 0.29) is 5.41 Å². The molecule has 0 amide bonds. The molecule has 2 unspecified atom stereocenters. The van der Waals surface area contributed by atoms with E-state index >= 15 is 0 Å². The van der Waals surface area contributed by atoms with Crippen LogP contribution in [0.15, 0.2) is 24.3 Å². The summed E-state index contributed by atoms with van der Waals surface area (Å²) in [6.07, 6.45) is 0.793. The van der Waals surface area contributed by atoms with Crippen LogP contribution in [0.1, 0.15) is 32.8 Å². The molecule has 0 aliphatic carbocycles. The fourth-order valence-corrected chi connectivity index (χ4v) is 2.19. The highest BCUT2D eigenvalue weighted by molar-refractivity contribution is 6.31. The van der Waals surface area contributed by atoms with Crippen LogP contribution in [-0.2, 0) is 5.60 Å². The predicted octanol–water partition coefficient (Wildman–Crippen LogP) is 2.92. The summed E-state index contributed by atoms with van der Waals surface area (Å²) in [7, 11) is 0. The van der Waals surface area contributed by atoms with Gasteiger partial charge >= 0.3 is 0 Å². The summed E-state index contributed by atoms with van der Waals surface area (Å²) in [4.78, 5) is 0. The molecule has 16 heavy (non-hydrogen) atoms. The largest absolute Gasteiger partial charge is 0.385 e. The molecule has 0 bridgehead atoms. The molecule has 0 spiro atoms. The van der Waals surface area contributed by atoms with Crippen LogP contribution >= 0.6 is 11.6 Å². The Kier molecular flexibility index (Phi) is 4.00. The van der Waals surface area contributed by atoms with Crippen LogP contribution in [0.5, 0.6) is 0 Å². The monoisotopic (exact) mass is 241 g/mol. The molecule has 3 N–H and O–H groups in total. The molecule has 0 aliphatic heterocycles. The number of hydrogen-bond donors (Lipinski definition) is 2. The number of hydrogen-bond acceptors (Lipinski definition) is 2. The first-order chi connectivity index (χ1) is 7.39. The number of nitrogens with two attached hydrogens (primary N) is 1. The fourth-order valence-electron chi connectivity index (χ4n) is 1.87. The minimum absolute atomic E-state index is 0.377. The van der Waals surface area contributed by atoms with Crippen molar-refractivity contribution in [1.29, 1.82) is 0 Å². The van der Waals surface area contributed by atoms with Gasteiger partial charge in [0.15, 0.2) is 0 Å². The third-order valence-corrected chi connectivity index (χ3v) is 4.13. The summed E-state index contributed by atoms with van der Waals surface area (Å²) in [5.74, 6) is 0. The molecule has 2 nitrogen and oxygen atoms in total. The summed E-state index contributed by atoms with van der Waals surface area (Å²) in [6.45, 7) is 6.21. The zero-order valence-corrected chi connectivity index (χ0v) is 10.9. The van der Waals surface area contributed by atoms with Crippen molar-refractivity contribution in [3.63, 3.8) is 0 Å². The summed E-state index contributed by atoms with van der Waals surface area (Å²) in [5.41, 5.74) is 5.13. The number of halogens is 1. The van der Waals surface area contributed by atoms with Crippen molar-refractivity contribution < 1.29 is 5.11 Å². The third-order valence-electron chi connectivity index (χ3n) is 3.80. The average molecular weight is 242 g/mol. The molecule has 90 valence electrons. The van der Waals surface area contributed by atoms with E-state index in [0.717, 1.165) is 12.0 Å². The van der Waals surface area contributed by atoms with E-state index in [1.54, 1.807) is 13.0 Å². The van der Waals surface area contributed by atoms with Crippen LogP contribution in [0.3, 0.4) is 0 Å². The van der Waals surface area contributed by atoms with E-state index in [4.69, 9.17) is 17.3 Å². The second kappa shape index (κ2) is 4.74. The van der Waals surface area contributed by atoms with Gasteiger partial charge in [0, 0.05) is 22.5 Å². The van der Waals surface area contributed by atoms with E-state index in [1.165, 1.54) is 0 Å². The van der Waals surface area contributed by atoms with Gasteiger partial charge < -0.3 is 10.8 Å². The molecule has 0 saturated carbocycles. The van der Waals surface area contributed by atoms with Crippen molar-refractivity contribution in [2.24, 2.45) is 11.1 Å². The Morgan fingerprint density at radius 2 is 1.88 bits per heavy atom. The van der Waals surface area contributed by atoms with Crippen molar-refractivity contribution in [2.75, 3.05) is 6.54 Å². The number of rotatable bonds is 4. The van der Waals surface area contributed by atoms with E-state index in [1.807, 2.05) is 32.0 Å². The second-order valence-corrected chi connectivity index (χ2v) is 5.08. The van der Waals surface area contributed by atoms with E-state index in [9.17, 15) is 5.11 Å². The van der Waals surface area contributed by atoms with Gasteiger partial charge in [-0.05, 0) is 19.4 Å². The molecule has 0 aliphatic rings. The van der Waals surface area contributed by atoms with Crippen LogP contribution < -0.4 is 5.73 Å². The van der Waals surface area contributed by atoms with E-state index < -0.39 is 5.60 Å². The van der Waals surface area contributed by atoms with Crippen LogP contribution in [-0.4, -0.2) is 11.7 Å². The minimum Gasteiger partial charge on any atom is -0.385 e. The SMILES string of the molecule is CCC(C)(CN)C(C)(O)c1ccccc1Cl. The molecule has 1 aromatic carbocycles. The van der Waals surface area contributed by atoms with Gasteiger partial charge in [-0.2, -0.15) is 0 Å². The van der Waals surface area contributed by atoms with Crippen molar-refractivity contribution in [3.8, 4) is 0 Å². The van der Waals surface area contributed by atoms with Crippen LogP contribution in [0.2, 0.25) is 5.02 Å². The summed E-state index contributed by atoms with van der Waals surface area (Å²) >= 11 is 6.13. The molecule has 0 saturated heterocycles. The Morgan fingerprint density at radius 3 is 2.31 bits per heavy atom. The van der Waals surface area contributed by atoms with Crippen LogP contribution in [0, 0.1) is 5.41 Å². The van der Waals surface area contributed by atoms with Gasteiger partial charge in [0.25, 0.3) is 0 Å². The van der Waals surface area contributed by atoms with Crippen molar-refractivity contribution in [2.45, 2.75) is 32.8 Å². The van der Waals surface area contributed by atoms with Gasteiger partial charge in [0.2, 0.25) is 0 Å². The Morgan fingerprint density at radius 1 is 1.31 bits per heavy atom. The van der Waals surface area contributed by atoms with Gasteiger partial charge in [-0.3, -0.25) is 0 Å². The predicted molar refractivity (Wildman–Crippen MR) is 68.5 cm³/mol. The number of benzene rings is 1. The highest BCUT2D eigenvalue weighted by Crippen LogP contribution is 2.43. The van der Waals surface area contributed by atoms with Crippen LogP contribution in [0.25, 0.3) is 0 Å². The van der Waals surface area contributed by atoms with Crippen molar-refractivity contribution in [1.82, 2.24) is 0 Å². The van der Waals surface area contributed by atoms with E-state index in [0.29, 0.717) is 11.6 Å². The normalized spacial score (nSPS) is 18.9. The molecule has 0 aromatic heterocycles. The van der Waals surface area contributed by atoms with Gasteiger partial charge in [-0.25, -0.2) is 0 Å². The van der Waals surface area contributed by atoms with Gasteiger partial charge in [0.05, 0.1) is 5.60 Å². The molecular weight excluding hydrogens is 222 g/mol. The lowest BCUT2D eigenvalue weighted by molar-refractivity contribution is -0.0645. The Bertz CT molecular complexity index is 359. The topological polar surface area (TPSA) is 46.2 Å². The molecular formula is C13H20ClNO. The maximum Gasteiger partial charge on any atom is 0.0948 e. The zero-order valence-electron chi connectivity index (χ0n) is 10.1. The smallest absolute Gasteiger partial charge is 0.0948 e. The first-order valence-corrected chi connectivity index (χ1v) is 5.94. The van der Waals surface area contributed by atoms with Gasteiger partial charge in [-0.15, -0.1) is 0 Å². The first-order valence-electron chi connectivity index (χ1n) is 5.56. The lowest BCUT2D eigenvalue weighted by Crippen LogP contribution is -2.46. The van der Waals surface area contributed by atoms with Crippen molar-refractivity contribution >= 4 is 11.6 Å². The van der Waals surface area contributed by atoms with Crippen molar-refractivity contribution in [3.05, 3.63) is 34.9 Å². The minimum atomic E-state index is -1.02.